The molecular weight excluding hydrogens is 263 g/mol. The standard InChI is InChI=1S/C11H11FN2OS.ClH/c12-8(5-6-13)7-15-11-14-9-3-1-2-4-10(9)16-11;/h1-5H,6-7,13H2;1H. The summed E-state index contributed by atoms with van der Waals surface area (Å²) in [5.41, 5.74) is 6.04. The summed E-state index contributed by atoms with van der Waals surface area (Å²) < 4.78 is 19.2. The van der Waals surface area contributed by atoms with E-state index in [1.165, 1.54) is 17.4 Å². The molecule has 1 heterocycles. The van der Waals surface area contributed by atoms with Crippen LogP contribution in [0.5, 0.6) is 5.19 Å². The Morgan fingerprint density at radius 2 is 2.24 bits per heavy atom. The normalized spacial score (nSPS) is 11.3. The second-order valence-corrected chi connectivity index (χ2v) is 4.12. The molecule has 0 bridgehead atoms. The number of rotatable bonds is 4. The average molecular weight is 275 g/mol. The molecule has 2 rings (SSSR count). The summed E-state index contributed by atoms with van der Waals surface area (Å²) in [7, 11) is 0. The summed E-state index contributed by atoms with van der Waals surface area (Å²) in [5.74, 6) is -0.373. The van der Waals surface area contributed by atoms with E-state index in [-0.39, 0.29) is 31.4 Å². The zero-order valence-corrected chi connectivity index (χ0v) is 10.6. The maximum atomic E-state index is 13.0. The molecule has 1 aromatic carbocycles. The van der Waals surface area contributed by atoms with E-state index in [2.05, 4.69) is 4.98 Å². The number of halogens is 2. The minimum absolute atomic E-state index is 0. The van der Waals surface area contributed by atoms with Crippen LogP contribution in [0.1, 0.15) is 0 Å². The smallest absolute Gasteiger partial charge is 0.274 e. The van der Waals surface area contributed by atoms with Gasteiger partial charge < -0.3 is 10.5 Å². The van der Waals surface area contributed by atoms with Gasteiger partial charge in [0.25, 0.3) is 5.19 Å². The van der Waals surface area contributed by atoms with E-state index in [9.17, 15) is 4.39 Å². The van der Waals surface area contributed by atoms with Crippen molar-refractivity contribution in [3.8, 4) is 5.19 Å². The Labute approximate surface area is 109 Å². The third-order valence-electron chi connectivity index (χ3n) is 1.95. The number of hydrogen-bond donors (Lipinski definition) is 1. The number of para-hydroxylation sites is 1. The number of nitrogens with zero attached hydrogens (tertiary/aromatic N) is 1. The molecule has 0 spiro atoms. The molecular formula is C11H12ClFN2OS. The van der Waals surface area contributed by atoms with Crippen LogP contribution in [0, 0.1) is 0 Å². The first-order valence-electron chi connectivity index (χ1n) is 4.82. The van der Waals surface area contributed by atoms with Crippen LogP contribution in [0.2, 0.25) is 0 Å². The molecule has 0 saturated carbocycles. The van der Waals surface area contributed by atoms with E-state index in [1.54, 1.807) is 0 Å². The third kappa shape index (κ3) is 3.66. The Kier molecular flexibility index (Phi) is 5.34. The molecule has 0 aliphatic heterocycles. The highest BCUT2D eigenvalue weighted by atomic mass is 35.5. The molecule has 0 radical (unpaired) electrons. The number of hydrogen-bond acceptors (Lipinski definition) is 4. The topological polar surface area (TPSA) is 48.1 Å². The highest BCUT2D eigenvalue weighted by Crippen LogP contribution is 2.27. The molecule has 0 atom stereocenters. The quantitative estimate of drug-likeness (QED) is 0.933. The van der Waals surface area contributed by atoms with Gasteiger partial charge in [0.2, 0.25) is 0 Å². The molecule has 17 heavy (non-hydrogen) atoms. The van der Waals surface area contributed by atoms with Gasteiger partial charge in [0.05, 0.1) is 10.2 Å². The Balaban J connectivity index is 0.00000144. The van der Waals surface area contributed by atoms with Gasteiger partial charge in [-0.3, -0.25) is 0 Å². The van der Waals surface area contributed by atoms with Crippen LogP contribution in [0.4, 0.5) is 4.39 Å². The Bertz CT molecular complexity index is 482. The summed E-state index contributed by atoms with van der Waals surface area (Å²) in [5, 5.41) is 0.474. The molecule has 2 N–H and O–H groups in total. The third-order valence-corrected chi connectivity index (χ3v) is 2.90. The molecule has 6 heteroatoms. The van der Waals surface area contributed by atoms with E-state index in [4.69, 9.17) is 10.5 Å². The fraction of sp³-hybridized carbons (Fsp3) is 0.182. The highest BCUT2D eigenvalue weighted by Gasteiger charge is 2.04. The second-order valence-electron chi connectivity index (χ2n) is 3.12. The van der Waals surface area contributed by atoms with Gasteiger partial charge in [-0.15, -0.1) is 12.4 Å². The van der Waals surface area contributed by atoms with Crippen molar-refractivity contribution in [3.63, 3.8) is 0 Å². The number of thiazole rings is 1. The number of aromatic nitrogens is 1. The van der Waals surface area contributed by atoms with Gasteiger partial charge in [-0.25, -0.2) is 9.37 Å². The fourth-order valence-electron chi connectivity index (χ4n) is 1.23. The first-order valence-corrected chi connectivity index (χ1v) is 5.64. The Morgan fingerprint density at radius 3 is 2.94 bits per heavy atom. The molecule has 0 aliphatic rings. The van der Waals surface area contributed by atoms with Gasteiger partial charge >= 0.3 is 0 Å². The molecule has 0 unspecified atom stereocenters. The second kappa shape index (κ2) is 6.54. The van der Waals surface area contributed by atoms with Crippen LogP contribution < -0.4 is 10.5 Å². The average Bonchev–Trinajstić information content (AvgIpc) is 2.69. The summed E-state index contributed by atoms with van der Waals surface area (Å²) in [6.07, 6.45) is 1.29. The van der Waals surface area contributed by atoms with E-state index < -0.39 is 0 Å². The molecule has 0 saturated heterocycles. The van der Waals surface area contributed by atoms with Gasteiger partial charge in [-0.1, -0.05) is 23.5 Å². The van der Waals surface area contributed by atoms with Crippen LogP contribution in [0.25, 0.3) is 10.2 Å². The summed E-state index contributed by atoms with van der Waals surface area (Å²) in [6, 6.07) is 7.68. The summed E-state index contributed by atoms with van der Waals surface area (Å²) in [4.78, 5) is 4.22. The van der Waals surface area contributed by atoms with Crippen molar-refractivity contribution < 1.29 is 9.13 Å². The Hall–Kier alpha value is -1.17. The molecule has 0 aliphatic carbocycles. The first kappa shape index (κ1) is 13.9. The molecule has 0 amide bonds. The van der Waals surface area contributed by atoms with Crippen LogP contribution in [0.15, 0.2) is 36.2 Å². The molecule has 1 aromatic heterocycles. The van der Waals surface area contributed by atoms with Crippen molar-refractivity contribution in [1.82, 2.24) is 4.98 Å². The Morgan fingerprint density at radius 1 is 1.47 bits per heavy atom. The lowest BCUT2D eigenvalue weighted by Gasteiger charge is -1.98. The maximum absolute atomic E-state index is 13.0. The fourth-order valence-corrected chi connectivity index (χ4v) is 2.05. The predicted octanol–water partition coefficient (Wildman–Crippen LogP) is 2.91. The van der Waals surface area contributed by atoms with Crippen molar-refractivity contribution >= 4 is 34.0 Å². The van der Waals surface area contributed by atoms with E-state index >= 15 is 0 Å². The van der Waals surface area contributed by atoms with Gasteiger partial charge in [-0.05, 0) is 18.2 Å². The van der Waals surface area contributed by atoms with Crippen molar-refractivity contribution in [3.05, 3.63) is 36.2 Å². The monoisotopic (exact) mass is 274 g/mol. The number of ether oxygens (including phenoxy) is 1. The van der Waals surface area contributed by atoms with E-state index in [0.29, 0.717) is 5.19 Å². The zero-order chi connectivity index (χ0) is 11.4. The molecule has 2 aromatic rings. The first-order chi connectivity index (χ1) is 7.79. The van der Waals surface area contributed by atoms with Crippen molar-refractivity contribution in [1.29, 1.82) is 0 Å². The van der Waals surface area contributed by atoms with Crippen molar-refractivity contribution in [2.75, 3.05) is 13.2 Å². The van der Waals surface area contributed by atoms with E-state index in [1.807, 2.05) is 24.3 Å². The van der Waals surface area contributed by atoms with Gasteiger partial charge in [0, 0.05) is 6.54 Å². The predicted molar refractivity (Wildman–Crippen MR) is 70.6 cm³/mol. The minimum atomic E-state index is -0.373. The molecule has 0 fully saturated rings. The molecule has 92 valence electrons. The number of fused-ring (bicyclic) bond motifs is 1. The van der Waals surface area contributed by atoms with Crippen LogP contribution in [-0.4, -0.2) is 18.1 Å². The van der Waals surface area contributed by atoms with Crippen LogP contribution in [0.3, 0.4) is 0 Å². The highest BCUT2D eigenvalue weighted by molar-refractivity contribution is 7.20. The van der Waals surface area contributed by atoms with Gasteiger partial charge in [-0.2, -0.15) is 0 Å². The lowest BCUT2D eigenvalue weighted by molar-refractivity contribution is 0.317. The van der Waals surface area contributed by atoms with Gasteiger partial charge in [0.15, 0.2) is 0 Å². The van der Waals surface area contributed by atoms with Crippen LogP contribution >= 0.6 is 23.7 Å². The lowest BCUT2D eigenvalue weighted by Crippen LogP contribution is -2.01. The summed E-state index contributed by atoms with van der Waals surface area (Å²) >= 11 is 1.40. The van der Waals surface area contributed by atoms with E-state index in [0.717, 1.165) is 10.2 Å². The van der Waals surface area contributed by atoms with Crippen molar-refractivity contribution in [2.24, 2.45) is 5.73 Å². The zero-order valence-electron chi connectivity index (χ0n) is 8.93. The minimum Gasteiger partial charge on any atom is -0.463 e. The largest absolute Gasteiger partial charge is 0.463 e. The SMILES string of the molecule is Cl.NCC=C(F)COc1nc2ccccc2s1. The maximum Gasteiger partial charge on any atom is 0.274 e. The molecule has 3 nitrogen and oxygen atoms in total. The summed E-state index contributed by atoms with van der Waals surface area (Å²) in [6.45, 7) is 0.0616. The van der Waals surface area contributed by atoms with Gasteiger partial charge in [0.1, 0.15) is 12.4 Å². The van der Waals surface area contributed by atoms with Crippen molar-refractivity contribution in [2.45, 2.75) is 0 Å². The number of benzene rings is 1. The number of nitrogens with two attached hydrogens (primary N) is 1. The lowest BCUT2D eigenvalue weighted by atomic mass is 10.3. The van der Waals surface area contributed by atoms with Crippen LogP contribution in [-0.2, 0) is 0 Å².